The van der Waals surface area contributed by atoms with E-state index in [1.807, 2.05) is 0 Å². The maximum atomic E-state index is 13.5. The second-order valence-electron chi connectivity index (χ2n) is 7.34. The molecule has 1 amide bonds. The number of carbonyl (C=O) groups is 1. The molecule has 0 bridgehead atoms. The predicted molar refractivity (Wildman–Crippen MR) is 99.0 cm³/mol. The van der Waals surface area contributed by atoms with Gasteiger partial charge in [0.25, 0.3) is 5.91 Å². The van der Waals surface area contributed by atoms with Crippen molar-refractivity contribution < 1.29 is 18.1 Å². The van der Waals surface area contributed by atoms with Crippen LogP contribution in [0.4, 0.5) is 8.78 Å². The minimum atomic E-state index is -0.321. The number of piperidine rings is 1. The number of allylic oxidation sites excluding steroid dienone is 4. The van der Waals surface area contributed by atoms with E-state index in [0.29, 0.717) is 42.4 Å². The molecule has 1 aliphatic carbocycles. The van der Waals surface area contributed by atoms with Crippen LogP contribution in [0.3, 0.4) is 0 Å². The van der Waals surface area contributed by atoms with Crippen molar-refractivity contribution in [2.75, 3.05) is 13.1 Å². The van der Waals surface area contributed by atoms with Crippen LogP contribution in [-0.4, -0.2) is 34.0 Å². The summed E-state index contributed by atoms with van der Waals surface area (Å²) >= 11 is 0. The van der Waals surface area contributed by atoms with Gasteiger partial charge in [0, 0.05) is 24.6 Å². The van der Waals surface area contributed by atoms with Gasteiger partial charge in [0.05, 0.1) is 5.92 Å². The lowest BCUT2D eigenvalue weighted by Crippen LogP contribution is -2.39. The average Bonchev–Trinajstić information content (AvgIpc) is 3.20. The van der Waals surface area contributed by atoms with Crippen LogP contribution < -0.4 is 0 Å². The molecule has 0 radical (unpaired) electrons. The Labute approximate surface area is 161 Å². The summed E-state index contributed by atoms with van der Waals surface area (Å²) in [5.74, 6) is 0.207. The van der Waals surface area contributed by atoms with Crippen LogP contribution in [0.25, 0.3) is 0 Å². The van der Waals surface area contributed by atoms with Crippen molar-refractivity contribution in [3.05, 3.63) is 70.9 Å². The zero-order valence-electron chi connectivity index (χ0n) is 15.6. The Morgan fingerprint density at radius 3 is 2.93 bits per heavy atom. The molecule has 5 nitrogen and oxygen atoms in total. The third-order valence-corrected chi connectivity index (χ3v) is 5.31. The smallest absolute Gasteiger partial charge is 0.253 e. The summed E-state index contributed by atoms with van der Waals surface area (Å²) in [6.07, 6.45) is 6.83. The number of likely N-dealkylation sites (tertiary alicyclic amines) is 1. The van der Waals surface area contributed by atoms with Crippen molar-refractivity contribution >= 4 is 5.91 Å². The van der Waals surface area contributed by atoms with E-state index in [9.17, 15) is 13.6 Å². The van der Waals surface area contributed by atoms with Gasteiger partial charge in [-0.1, -0.05) is 11.2 Å². The number of hydrogen-bond acceptors (Lipinski definition) is 4. The molecule has 4 rings (SSSR count). The van der Waals surface area contributed by atoms with Crippen molar-refractivity contribution in [1.82, 2.24) is 15.0 Å². The minimum absolute atomic E-state index is 0.0413. The SMILES string of the molecule is Cc1cc(C(=O)N2CCC[C@H](c3nc(C4C=CC(F)=CC4)no3)C2)ccc1F. The maximum Gasteiger partial charge on any atom is 0.253 e. The fourth-order valence-electron chi connectivity index (χ4n) is 3.67. The summed E-state index contributed by atoms with van der Waals surface area (Å²) in [7, 11) is 0. The first-order valence-electron chi connectivity index (χ1n) is 9.44. The summed E-state index contributed by atoms with van der Waals surface area (Å²) < 4.78 is 32.1. The van der Waals surface area contributed by atoms with E-state index in [0.717, 1.165) is 12.8 Å². The Morgan fingerprint density at radius 2 is 2.18 bits per heavy atom. The van der Waals surface area contributed by atoms with Crippen LogP contribution in [0.2, 0.25) is 0 Å². The average molecular weight is 385 g/mol. The third kappa shape index (κ3) is 3.74. The van der Waals surface area contributed by atoms with Crippen LogP contribution in [0.1, 0.15) is 58.7 Å². The first kappa shape index (κ1) is 18.5. The fraction of sp³-hybridized carbons (Fsp3) is 0.381. The van der Waals surface area contributed by atoms with E-state index >= 15 is 0 Å². The second kappa shape index (κ2) is 7.66. The van der Waals surface area contributed by atoms with Crippen molar-refractivity contribution in [3.8, 4) is 0 Å². The van der Waals surface area contributed by atoms with Gasteiger partial charge in [-0.3, -0.25) is 4.79 Å². The number of hydrogen-bond donors (Lipinski definition) is 0. The van der Waals surface area contributed by atoms with Gasteiger partial charge < -0.3 is 9.42 Å². The first-order valence-corrected chi connectivity index (χ1v) is 9.44. The van der Waals surface area contributed by atoms with Gasteiger partial charge in [-0.25, -0.2) is 8.78 Å². The Balaban J connectivity index is 1.46. The Kier molecular flexibility index (Phi) is 5.07. The fourth-order valence-corrected chi connectivity index (χ4v) is 3.67. The topological polar surface area (TPSA) is 59.2 Å². The molecule has 1 unspecified atom stereocenters. The van der Waals surface area contributed by atoms with Crippen molar-refractivity contribution in [3.63, 3.8) is 0 Å². The largest absolute Gasteiger partial charge is 0.339 e. The molecule has 28 heavy (non-hydrogen) atoms. The first-order chi connectivity index (χ1) is 13.5. The van der Waals surface area contributed by atoms with Crippen LogP contribution in [0.5, 0.6) is 0 Å². The predicted octanol–water partition coefficient (Wildman–Crippen LogP) is 4.43. The van der Waals surface area contributed by atoms with Crippen molar-refractivity contribution in [2.45, 2.75) is 38.0 Å². The Hall–Kier alpha value is -2.83. The zero-order chi connectivity index (χ0) is 19.7. The van der Waals surface area contributed by atoms with Gasteiger partial charge in [0.15, 0.2) is 5.82 Å². The van der Waals surface area contributed by atoms with Gasteiger partial charge >= 0.3 is 0 Å². The van der Waals surface area contributed by atoms with Gasteiger partial charge in [-0.2, -0.15) is 4.98 Å². The highest BCUT2D eigenvalue weighted by atomic mass is 19.1. The molecule has 0 N–H and O–H groups in total. The molecule has 2 heterocycles. The lowest BCUT2D eigenvalue weighted by molar-refractivity contribution is 0.0695. The quantitative estimate of drug-likeness (QED) is 0.784. The number of carbonyl (C=O) groups excluding carboxylic acids is 1. The highest BCUT2D eigenvalue weighted by Crippen LogP contribution is 2.30. The molecule has 146 valence electrons. The molecular weight excluding hydrogens is 364 g/mol. The van der Waals surface area contributed by atoms with E-state index in [2.05, 4.69) is 10.1 Å². The Bertz CT molecular complexity index is 951. The number of halogens is 2. The molecular formula is C21H21F2N3O2. The molecule has 2 atom stereocenters. The van der Waals surface area contributed by atoms with E-state index in [-0.39, 0.29) is 29.4 Å². The number of aromatic nitrogens is 2. The third-order valence-electron chi connectivity index (χ3n) is 5.31. The van der Waals surface area contributed by atoms with Gasteiger partial charge in [0.1, 0.15) is 11.6 Å². The van der Waals surface area contributed by atoms with Gasteiger partial charge in [-0.15, -0.1) is 0 Å². The van der Waals surface area contributed by atoms with E-state index in [1.165, 1.54) is 24.3 Å². The highest BCUT2D eigenvalue weighted by molar-refractivity contribution is 5.94. The van der Waals surface area contributed by atoms with Crippen LogP contribution >= 0.6 is 0 Å². The molecule has 1 fully saturated rings. The summed E-state index contributed by atoms with van der Waals surface area (Å²) in [5, 5.41) is 4.06. The number of benzene rings is 1. The lowest BCUT2D eigenvalue weighted by Gasteiger charge is -2.31. The van der Waals surface area contributed by atoms with Crippen LogP contribution in [0.15, 0.2) is 46.8 Å². The lowest BCUT2D eigenvalue weighted by atomic mass is 9.96. The number of rotatable bonds is 3. The summed E-state index contributed by atoms with van der Waals surface area (Å²) in [5.41, 5.74) is 0.930. The van der Waals surface area contributed by atoms with Crippen LogP contribution in [0, 0.1) is 12.7 Å². The Morgan fingerprint density at radius 1 is 1.32 bits per heavy atom. The summed E-state index contributed by atoms with van der Waals surface area (Å²) in [4.78, 5) is 19.1. The van der Waals surface area contributed by atoms with Gasteiger partial charge in [-0.05, 0) is 62.1 Å². The van der Waals surface area contributed by atoms with E-state index in [1.54, 1.807) is 24.0 Å². The molecule has 0 spiro atoms. The van der Waals surface area contributed by atoms with Crippen molar-refractivity contribution in [2.24, 2.45) is 0 Å². The molecule has 2 aliphatic rings. The number of amides is 1. The molecule has 1 aromatic carbocycles. The summed E-state index contributed by atoms with van der Waals surface area (Å²) in [6.45, 7) is 2.76. The second-order valence-corrected chi connectivity index (χ2v) is 7.34. The normalized spacial score (nSPS) is 22.2. The van der Waals surface area contributed by atoms with Crippen molar-refractivity contribution in [1.29, 1.82) is 0 Å². The molecule has 1 aliphatic heterocycles. The van der Waals surface area contributed by atoms with Gasteiger partial charge in [0.2, 0.25) is 5.89 Å². The zero-order valence-corrected chi connectivity index (χ0v) is 15.6. The molecule has 2 aromatic rings. The molecule has 1 saturated heterocycles. The van der Waals surface area contributed by atoms with E-state index in [4.69, 9.17) is 4.52 Å². The van der Waals surface area contributed by atoms with Crippen LogP contribution in [-0.2, 0) is 0 Å². The van der Waals surface area contributed by atoms with E-state index < -0.39 is 0 Å². The minimum Gasteiger partial charge on any atom is -0.339 e. The molecule has 1 aromatic heterocycles. The number of aryl methyl sites for hydroxylation is 1. The summed E-state index contributed by atoms with van der Waals surface area (Å²) in [6, 6.07) is 4.42. The number of nitrogens with zero attached hydrogens (tertiary/aromatic N) is 3. The highest BCUT2D eigenvalue weighted by Gasteiger charge is 2.30. The standard InChI is InChI=1S/C21H21F2N3O2/c1-13-11-15(6-9-18(13)23)21(27)26-10-2-3-16(12-26)20-24-19(25-28-20)14-4-7-17(22)8-5-14/h4,6-9,11,14,16H,2-3,5,10,12H2,1H3/t14?,16-/m0/s1. The molecule has 0 saturated carbocycles. The molecule has 7 heteroatoms. The maximum absolute atomic E-state index is 13.5. The monoisotopic (exact) mass is 385 g/mol.